The molecule has 0 unspecified atom stereocenters. The Morgan fingerprint density at radius 2 is 2.14 bits per heavy atom. The molecule has 1 amide bonds. The highest BCUT2D eigenvalue weighted by molar-refractivity contribution is 6.32. The molecule has 0 aliphatic heterocycles. The molecule has 3 rings (SSSR count). The van der Waals surface area contributed by atoms with Crippen molar-refractivity contribution in [2.45, 2.75) is 20.3 Å². The molecule has 112 valence electrons. The maximum Gasteiger partial charge on any atom is 0.230 e. The molecule has 0 atom stereocenters. The van der Waals surface area contributed by atoms with Crippen molar-refractivity contribution < 1.29 is 9.21 Å². The quantitative estimate of drug-likeness (QED) is 0.785. The Labute approximate surface area is 133 Å². The van der Waals surface area contributed by atoms with Crippen LogP contribution >= 0.6 is 11.6 Å². The molecule has 3 aromatic rings. The first-order valence-corrected chi connectivity index (χ1v) is 7.30. The van der Waals surface area contributed by atoms with Crippen molar-refractivity contribution in [1.82, 2.24) is 4.98 Å². The monoisotopic (exact) mass is 314 g/mol. The highest BCUT2D eigenvalue weighted by Crippen LogP contribution is 2.28. The van der Waals surface area contributed by atoms with Crippen LogP contribution in [0.25, 0.3) is 11.0 Å². The number of aryl methyl sites for hydroxylation is 2. The van der Waals surface area contributed by atoms with E-state index in [1.807, 2.05) is 38.1 Å². The van der Waals surface area contributed by atoms with Gasteiger partial charge in [-0.3, -0.25) is 4.79 Å². The molecule has 1 N–H and O–H groups in total. The standard InChI is InChI=1S/C17H15ClN2O2/c1-10-4-3-5-19-17(10)20-16(21)7-12-9-22-15-6-11(2)14(18)8-13(12)15/h3-6,8-9H,7H2,1-2H3,(H,19,20,21). The van der Waals surface area contributed by atoms with Gasteiger partial charge in [0.05, 0.1) is 12.7 Å². The summed E-state index contributed by atoms with van der Waals surface area (Å²) in [6, 6.07) is 7.45. The summed E-state index contributed by atoms with van der Waals surface area (Å²) in [6.07, 6.45) is 3.46. The highest BCUT2D eigenvalue weighted by atomic mass is 35.5. The van der Waals surface area contributed by atoms with Crippen LogP contribution in [-0.2, 0) is 11.2 Å². The molecule has 0 aliphatic rings. The Bertz CT molecular complexity index is 855. The van der Waals surface area contributed by atoms with Crippen LogP contribution in [0.2, 0.25) is 5.02 Å². The van der Waals surface area contributed by atoms with Crippen molar-refractivity contribution in [2.75, 3.05) is 5.32 Å². The summed E-state index contributed by atoms with van der Waals surface area (Å²) in [5.74, 6) is 0.440. The minimum Gasteiger partial charge on any atom is -0.464 e. The maximum absolute atomic E-state index is 12.2. The van der Waals surface area contributed by atoms with Gasteiger partial charge in [-0.05, 0) is 43.2 Å². The first kappa shape index (κ1) is 14.6. The maximum atomic E-state index is 12.2. The smallest absolute Gasteiger partial charge is 0.230 e. The number of hydrogen-bond donors (Lipinski definition) is 1. The Kier molecular flexibility index (Phi) is 3.86. The molecule has 1 aromatic carbocycles. The van der Waals surface area contributed by atoms with Crippen molar-refractivity contribution >= 4 is 34.3 Å². The second-order valence-corrected chi connectivity index (χ2v) is 5.66. The summed E-state index contributed by atoms with van der Waals surface area (Å²) in [5, 5.41) is 4.34. The second kappa shape index (κ2) is 5.81. The molecule has 2 aromatic heterocycles. The van der Waals surface area contributed by atoms with Gasteiger partial charge in [-0.2, -0.15) is 0 Å². The van der Waals surface area contributed by atoms with Crippen LogP contribution in [0, 0.1) is 13.8 Å². The van der Waals surface area contributed by atoms with Gasteiger partial charge in [0.2, 0.25) is 5.91 Å². The Balaban J connectivity index is 1.83. The molecular formula is C17H15ClN2O2. The number of carbonyl (C=O) groups excluding carboxylic acids is 1. The van der Waals surface area contributed by atoms with Crippen LogP contribution in [-0.4, -0.2) is 10.9 Å². The third-order valence-corrected chi connectivity index (χ3v) is 3.96. The minimum absolute atomic E-state index is 0.138. The molecule has 0 bridgehead atoms. The van der Waals surface area contributed by atoms with E-state index in [4.69, 9.17) is 16.0 Å². The van der Waals surface area contributed by atoms with Crippen molar-refractivity contribution in [3.8, 4) is 0 Å². The largest absolute Gasteiger partial charge is 0.464 e. The fourth-order valence-electron chi connectivity index (χ4n) is 2.30. The highest BCUT2D eigenvalue weighted by Gasteiger charge is 2.13. The summed E-state index contributed by atoms with van der Waals surface area (Å²) >= 11 is 6.15. The van der Waals surface area contributed by atoms with E-state index in [0.29, 0.717) is 10.8 Å². The van der Waals surface area contributed by atoms with Gasteiger partial charge < -0.3 is 9.73 Å². The van der Waals surface area contributed by atoms with E-state index < -0.39 is 0 Å². The molecule has 0 saturated carbocycles. The lowest BCUT2D eigenvalue weighted by Crippen LogP contribution is -2.15. The third kappa shape index (κ3) is 2.83. The zero-order valence-electron chi connectivity index (χ0n) is 12.3. The van der Waals surface area contributed by atoms with E-state index in [9.17, 15) is 4.79 Å². The Morgan fingerprint density at radius 1 is 1.32 bits per heavy atom. The van der Waals surface area contributed by atoms with Crippen molar-refractivity contribution in [3.05, 3.63) is 58.4 Å². The van der Waals surface area contributed by atoms with E-state index in [-0.39, 0.29) is 12.3 Å². The number of amides is 1. The first-order valence-electron chi connectivity index (χ1n) is 6.92. The lowest BCUT2D eigenvalue weighted by Gasteiger charge is -2.06. The number of halogens is 1. The molecule has 0 saturated heterocycles. The summed E-state index contributed by atoms with van der Waals surface area (Å²) < 4.78 is 5.51. The fourth-order valence-corrected chi connectivity index (χ4v) is 2.47. The zero-order valence-corrected chi connectivity index (χ0v) is 13.1. The van der Waals surface area contributed by atoms with E-state index in [2.05, 4.69) is 10.3 Å². The number of benzene rings is 1. The van der Waals surface area contributed by atoms with Gasteiger partial charge in [-0.25, -0.2) is 4.98 Å². The predicted octanol–water partition coefficient (Wildman–Crippen LogP) is 4.28. The molecular weight excluding hydrogens is 300 g/mol. The van der Waals surface area contributed by atoms with E-state index in [1.165, 1.54) is 0 Å². The number of nitrogens with zero attached hydrogens (tertiary/aromatic N) is 1. The van der Waals surface area contributed by atoms with Crippen LogP contribution in [0.4, 0.5) is 5.82 Å². The lowest BCUT2D eigenvalue weighted by atomic mass is 10.1. The van der Waals surface area contributed by atoms with Crippen LogP contribution in [0.1, 0.15) is 16.7 Å². The molecule has 4 nitrogen and oxygen atoms in total. The number of aromatic nitrogens is 1. The van der Waals surface area contributed by atoms with E-state index in [1.54, 1.807) is 12.5 Å². The Morgan fingerprint density at radius 3 is 2.91 bits per heavy atom. The van der Waals surface area contributed by atoms with E-state index in [0.717, 1.165) is 27.7 Å². The van der Waals surface area contributed by atoms with E-state index >= 15 is 0 Å². The molecule has 22 heavy (non-hydrogen) atoms. The molecule has 0 radical (unpaired) electrons. The summed E-state index contributed by atoms with van der Waals surface area (Å²) in [6.45, 7) is 3.82. The van der Waals surface area contributed by atoms with Gasteiger partial charge >= 0.3 is 0 Å². The first-order chi connectivity index (χ1) is 10.5. The predicted molar refractivity (Wildman–Crippen MR) is 87.3 cm³/mol. The van der Waals surface area contributed by atoms with Crippen molar-refractivity contribution in [2.24, 2.45) is 0 Å². The molecule has 0 spiro atoms. The van der Waals surface area contributed by atoms with Gasteiger partial charge in [-0.1, -0.05) is 17.7 Å². The Hall–Kier alpha value is -2.33. The third-order valence-electron chi connectivity index (χ3n) is 3.55. The fraction of sp³-hybridized carbons (Fsp3) is 0.176. The number of carbonyl (C=O) groups is 1. The molecule has 0 fully saturated rings. The van der Waals surface area contributed by atoms with Crippen LogP contribution in [0.3, 0.4) is 0 Å². The SMILES string of the molecule is Cc1cc2occ(CC(=O)Nc3ncccc3C)c2cc1Cl. The molecule has 0 aliphatic carbocycles. The molecule has 5 heteroatoms. The number of rotatable bonds is 3. The summed E-state index contributed by atoms with van der Waals surface area (Å²) in [7, 11) is 0. The number of hydrogen-bond acceptors (Lipinski definition) is 3. The van der Waals surface area contributed by atoms with Gasteiger partial charge in [0, 0.05) is 22.2 Å². The lowest BCUT2D eigenvalue weighted by molar-refractivity contribution is -0.115. The average molecular weight is 315 g/mol. The number of anilines is 1. The number of fused-ring (bicyclic) bond motifs is 1. The normalized spacial score (nSPS) is 10.9. The summed E-state index contributed by atoms with van der Waals surface area (Å²) in [4.78, 5) is 16.4. The minimum atomic E-state index is -0.138. The summed E-state index contributed by atoms with van der Waals surface area (Å²) in [5.41, 5.74) is 3.41. The van der Waals surface area contributed by atoms with Crippen molar-refractivity contribution in [3.63, 3.8) is 0 Å². The zero-order chi connectivity index (χ0) is 15.7. The topological polar surface area (TPSA) is 55.1 Å². The number of pyridine rings is 1. The van der Waals surface area contributed by atoms with Gasteiger partial charge in [0.15, 0.2) is 0 Å². The van der Waals surface area contributed by atoms with Crippen molar-refractivity contribution in [1.29, 1.82) is 0 Å². The molecule has 2 heterocycles. The number of furan rings is 1. The van der Waals surface area contributed by atoms with Gasteiger partial charge in [0.25, 0.3) is 0 Å². The van der Waals surface area contributed by atoms with Crippen LogP contribution in [0.15, 0.2) is 41.1 Å². The average Bonchev–Trinajstić information content (AvgIpc) is 2.84. The van der Waals surface area contributed by atoms with Gasteiger partial charge in [-0.15, -0.1) is 0 Å². The number of nitrogens with one attached hydrogen (secondary N) is 1. The van der Waals surface area contributed by atoms with Gasteiger partial charge in [0.1, 0.15) is 11.4 Å². The van der Waals surface area contributed by atoms with Crippen LogP contribution in [0.5, 0.6) is 0 Å². The van der Waals surface area contributed by atoms with Crippen LogP contribution < -0.4 is 5.32 Å². The second-order valence-electron chi connectivity index (χ2n) is 5.25.